The van der Waals surface area contributed by atoms with Gasteiger partial charge in [-0.2, -0.15) is 5.26 Å². The van der Waals surface area contributed by atoms with Gasteiger partial charge in [-0.1, -0.05) is 13.0 Å². The Labute approximate surface area is 190 Å². The van der Waals surface area contributed by atoms with E-state index in [-0.39, 0.29) is 28.6 Å². The fourth-order valence-electron chi connectivity index (χ4n) is 4.23. The first-order valence-corrected chi connectivity index (χ1v) is 10.9. The molecule has 1 aromatic carbocycles. The van der Waals surface area contributed by atoms with Crippen LogP contribution < -0.4 is 5.56 Å². The number of likely N-dealkylation sites (N-methyl/N-ethyl adjacent to an activating group) is 1. The number of pyridine rings is 1. The Balaban J connectivity index is 1.58. The van der Waals surface area contributed by atoms with Gasteiger partial charge < -0.3 is 4.90 Å². The molecule has 1 atom stereocenters. The standard InChI is InChI=1S/C24H25FN6O2/c1-4-29-9-10-30(15(2)14-29)23(32)18-6-8-21(27-12-18)31-24(33)20(13-28-31)19-7-5-17(11-26)22(25)16(19)3/h5-8,12-13,15,28H,4,9-10,14H2,1-3H3/t15-/m0/s1. The van der Waals surface area contributed by atoms with Gasteiger partial charge in [0.25, 0.3) is 11.5 Å². The predicted octanol–water partition coefficient (Wildman–Crippen LogP) is 2.71. The first kappa shape index (κ1) is 22.4. The van der Waals surface area contributed by atoms with E-state index in [0.717, 1.165) is 19.6 Å². The lowest BCUT2D eigenvalue weighted by molar-refractivity contribution is 0.0499. The van der Waals surface area contributed by atoms with Crippen LogP contribution in [0.2, 0.25) is 0 Å². The highest BCUT2D eigenvalue weighted by Gasteiger charge is 2.27. The number of rotatable bonds is 4. The van der Waals surface area contributed by atoms with Crippen molar-refractivity contribution in [2.75, 3.05) is 26.2 Å². The molecule has 1 fully saturated rings. The number of amides is 1. The molecule has 1 aliphatic heterocycles. The van der Waals surface area contributed by atoms with Gasteiger partial charge in [0, 0.05) is 38.1 Å². The van der Waals surface area contributed by atoms with Crippen LogP contribution in [0.15, 0.2) is 41.5 Å². The van der Waals surface area contributed by atoms with E-state index in [1.165, 1.54) is 30.1 Å². The summed E-state index contributed by atoms with van der Waals surface area (Å²) in [6.07, 6.45) is 2.95. The summed E-state index contributed by atoms with van der Waals surface area (Å²) in [6, 6.07) is 8.08. The molecule has 4 rings (SSSR count). The molecule has 3 heterocycles. The van der Waals surface area contributed by atoms with E-state index >= 15 is 0 Å². The second kappa shape index (κ2) is 9.00. The van der Waals surface area contributed by atoms with E-state index in [2.05, 4.69) is 21.9 Å². The molecule has 1 saturated heterocycles. The van der Waals surface area contributed by atoms with Gasteiger partial charge in [-0.15, -0.1) is 0 Å². The van der Waals surface area contributed by atoms with Crippen molar-refractivity contribution in [3.05, 3.63) is 69.5 Å². The summed E-state index contributed by atoms with van der Waals surface area (Å²) in [4.78, 5) is 34.4. The van der Waals surface area contributed by atoms with Gasteiger partial charge in [-0.25, -0.2) is 14.1 Å². The number of hydrogen-bond donors (Lipinski definition) is 1. The van der Waals surface area contributed by atoms with E-state index in [0.29, 0.717) is 23.5 Å². The van der Waals surface area contributed by atoms with Crippen molar-refractivity contribution in [1.29, 1.82) is 5.26 Å². The lowest BCUT2D eigenvalue weighted by atomic mass is 10.0. The first-order chi connectivity index (χ1) is 15.8. The quantitative estimate of drug-likeness (QED) is 0.662. The van der Waals surface area contributed by atoms with Crippen LogP contribution in [-0.2, 0) is 0 Å². The first-order valence-electron chi connectivity index (χ1n) is 10.9. The van der Waals surface area contributed by atoms with Gasteiger partial charge in [0.05, 0.1) is 16.7 Å². The van der Waals surface area contributed by atoms with Crippen molar-refractivity contribution in [3.63, 3.8) is 0 Å². The molecule has 0 unspecified atom stereocenters. The van der Waals surface area contributed by atoms with Gasteiger partial charge in [0.15, 0.2) is 5.82 Å². The minimum atomic E-state index is -0.642. The summed E-state index contributed by atoms with van der Waals surface area (Å²) < 4.78 is 15.6. The minimum absolute atomic E-state index is 0.0699. The number of nitriles is 1. The topological polar surface area (TPSA) is 98.0 Å². The van der Waals surface area contributed by atoms with Crippen LogP contribution in [0, 0.1) is 24.1 Å². The number of benzene rings is 1. The zero-order valence-electron chi connectivity index (χ0n) is 18.8. The highest BCUT2D eigenvalue weighted by atomic mass is 19.1. The third kappa shape index (κ3) is 4.05. The Hall–Kier alpha value is -3.77. The van der Waals surface area contributed by atoms with E-state index in [9.17, 15) is 14.0 Å². The number of hydrogen-bond acceptors (Lipinski definition) is 5. The van der Waals surface area contributed by atoms with E-state index in [4.69, 9.17) is 5.26 Å². The van der Waals surface area contributed by atoms with Crippen LogP contribution in [0.1, 0.15) is 35.3 Å². The van der Waals surface area contributed by atoms with Crippen LogP contribution in [0.4, 0.5) is 4.39 Å². The van der Waals surface area contributed by atoms with Crippen molar-refractivity contribution in [2.24, 2.45) is 0 Å². The Morgan fingerprint density at radius 3 is 2.70 bits per heavy atom. The lowest BCUT2D eigenvalue weighted by Gasteiger charge is -2.39. The average molecular weight is 449 g/mol. The number of nitrogens with zero attached hydrogens (tertiary/aromatic N) is 5. The maximum absolute atomic E-state index is 14.4. The molecule has 1 amide bonds. The Morgan fingerprint density at radius 2 is 2.06 bits per heavy atom. The fourth-order valence-corrected chi connectivity index (χ4v) is 4.23. The Bertz CT molecular complexity index is 1290. The Kier molecular flexibility index (Phi) is 6.11. The largest absolute Gasteiger partial charge is 0.333 e. The third-order valence-corrected chi connectivity index (χ3v) is 6.21. The van der Waals surface area contributed by atoms with Crippen LogP contribution in [-0.4, -0.2) is 62.7 Å². The molecule has 170 valence electrons. The molecular formula is C24H25FN6O2. The number of carbonyl (C=O) groups is 1. The summed E-state index contributed by atoms with van der Waals surface area (Å²) in [7, 11) is 0. The van der Waals surface area contributed by atoms with Gasteiger partial charge in [-0.3, -0.25) is 19.6 Å². The highest BCUT2D eigenvalue weighted by Crippen LogP contribution is 2.25. The summed E-state index contributed by atoms with van der Waals surface area (Å²) >= 11 is 0. The molecule has 1 aliphatic rings. The lowest BCUT2D eigenvalue weighted by Crippen LogP contribution is -2.53. The number of carbonyl (C=O) groups excluding carboxylic acids is 1. The molecule has 33 heavy (non-hydrogen) atoms. The maximum atomic E-state index is 14.4. The van der Waals surface area contributed by atoms with Crippen molar-refractivity contribution in [3.8, 4) is 23.0 Å². The molecule has 0 spiro atoms. The fraction of sp³-hybridized carbons (Fsp3) is 0.333. The van der Waals surface area contributed by atoms with Gasteiger partial charge >= 0.3 is 0 Å². The molecule has 1 N–H and O–H groups in total. The molecule has 8 nitrogen and oxygen atoms in total. The van der Waals surface area contributed by atoms with Crippen molar-refractivity contribution < 1.29 is 9.18 Å². The van der Waals surface area contributed by atoms with Gasteiger partial charge in [-0.05, 0) is 49.7 Å². The van der Waals surface area contributed by atoms with Crippen LogP contribution in [0.3, 0.4) is 0 Å². The number of nitrogens with one attached hydrogen (secondary N) is 1. The highest BCUT2D eigenvalue weighted by molar-refractivity contribution is 5.94. The summed E-state index contributed by atoms with van der Waals surface area (Å²) in [5.41, 5.74) is 0.875. The molecule has 0 bridgehead atoms. The van der Waals surface area contributed by atoms with Crippen LogP contribution in [0.5, 0.6) is 0 Å². The van der Waals surface area contributed by atoms with Crippen LogP contribution >= 0.6 is 0 Å². The monoisotopic (exact) mass is 448 g/mol. The van der Waals surface area contributed by atoms with Crippen LogP contribution in [0.25, 0.3) is 16.9 Å². The number of aromatic nitrogens is 3. The zero-order valence-corrected chi connectivity index (χ0v) is 18.8. The van der Waals surface area contributed by atoms with E-state index < -0.39 is 11.4 Å². The van der Waals surface area contributed by atoms with E-state index in [1.54, 1.807) is 24.3 Å². The number of piperazine rings is 1. The second-order valence-corrected chi connectivity index (χ2v) is 8.19. The maximum Gasteiger partial charge on any atom is 0.280 e. The smallest absolute Gasteiger partial charge is 0.280 e. The average Bonchev–Trinajstić information content (AvgIpc) is 3.21. The number of halogens is 1. The van der Waals surface area contributed by atoms with Crippen molar-refractivity contribution in [2.45, 2.75) is 26.8 Å². The van der Waals surface area contributed by atoms with Gasteiger partial charge in [0.1, 0.15) is 11.9 Å². The normalized spacial score (nSPS) is 16.6. The van der Waals surface area contributed by atoms with E-state index in [1.807, 2.05) is 11.8 Å². The number of aromatic amines is 1. The molecular weight excluding hydrogens is 423 g/mol. The summed E-state index contributed by atoms with van der Waals surface area (Å²) in [5, 5.41) is 11.8. The second-order valence-electron chi connectivity index (χ2n) is 8.19. The molecule has 0 saturated carbocycles. The zero-order chi connectivity index (χ0) is 23.7. The SMILES string of the molecule is CCN1CCN(C(=O)c2ccc(-n3[nH]cc(-c4ccc(C#N)c(F)c4C)c3=O)nc2)[C@@H](C)C1. The Morgan fingerprint density at radius 1 is 1.27 bits per heavy atom. The minimum Gasteiger partial charge on any atom is -0.333 e. The summed E-state index contributed by atoms with van der Waals surface area (Å²) in [5.74, 6) is -0.406. The van der Waals surface area contributed by atoms with Gasteiger partial charge in [0.2, 0.25) is 0 Å². The molecule has 0 radical (unpaired) electrons. The predicted molar refractivity (Wildman–Crippen MR) is 122 cm³/mol. The molecule has 3 aromatic rings. The van der Waals surface area contributed by atoms with Crippen molar-refractivity contribution in [1.82, 2.24) is 24.6 Å². The number of H-pyrrole nitrogens is 1. The third-order valence-electron chi connectivity index (χ3n) is 6.21. The molecule has 9 heteroatoms. The molecule has 2 aromatic heterocycles. The summed E-state index contributed by atoms with van der Waals surface area (Å²) in [6.45, 7) is 8.98. The van der Waals surface area contributed by atoms with Crippen molar-refractivity contribution >= 4 is 5.91 Å². The molecule has 0 aliphatic carbocycles.